The second-order valence-corrected chi connectivity index (χ2v) is 7.18. The maximum Gasteiger partial charge on any atom is 0.258 e. The summed E-state index contributed by atoms with van der Waals surface area (Å²) >= 11 is 0. The highest BCUT2D eigenvalue weighted by Crippen LogP contribution is 2.22. The lowest BCUT2D eigenvalue weighted by molar-refractivity contribution is 0.0985. The number of H-pyrrole nitrogens is 1. The van der Waals surface area contributed by atoms with Gasteiger partial charge in [0.25, 0.3) is 11.5 Å². The molecule has 2 aromatic carbocycles. The first-order valence-corrected chi connectivity index (χ1v) is 9.42. The number of carbonyl (C=O) groups is 1. The highest BCUT2D eigenvalue weighted by molar-refractivity contribution is 6.06. The van der Waals surface area contributed by atoms with Crippen LogP contribution in [0.5, 0.6) is 0 Å². The van der Waals surface area contributed by atoms with Gasteiger partial charge in [-0.2, -0.15) is 0 Å². The lowest BCUT2D eigenvalue weighted by Crippen LogP contribution is -2.33. The van der Waals surface area contributed by atoms with Crippen molar-refractivity contribution in [3.05, 3.63) is 106 Å². The van der Waals surface area contributed by atoms with Gasteiger partial charge in [0.2, 0.25) is 0 Å². The molecule has 0 saturated heterocycles. The fourth-order valence-corrected chi connectivity index (χ4v) is 3.37. The first-order valence-electron chi connectivity index (χ1n) is 9.42. The molecule has 2 aromatic heterocycles. The molecule has 0 aliphatic rings. The Bertz CT molecular complexity index is 1250. The first-order chi connectivity index (χ1) is 14.0. The van der Waals surface area contributed by atoms with Crippen molar-refractivity contribution >= 4 is 22.5 Å². The average Bonchev–Trinajstić information content (AvgIpc) is 2.72. The summed E-state index contributed by atoms with van der Waals surface area (Å²) in [5.41, 5.74) is 4.52. The van der Waals surface area contributed by atoms with Gasteiger partial charge in [-0.15, -0.1) is 0 Å². The van der Waals surface area contributed by atoms with E-state index in [0.29, 0.717) is 11.1 Å². The summed E-state index contributed by atoms with van der Waals surface area (Å²) in [6, 6.07) is 18.8. The van der Waals surface area contributed by atoms with Crippen LogP contribution in [0.25, 0.3) is 10.9 Å². The fraction of sp³-hybridized carbons (Fsp3) is 0.125. The summed E-state index contributed by atoms with van der Waals surface area (Å²) in [7, 11) is 0. The quantitative estimate of drug-likeness (QED) is 0.568. The lowest BCUT2D eigenvalue weighted by atomic mass is 10.1. The number of aromatic amines is 1. The van der Waals surface area contributed by atoms with Crippen LogP contribution in [0.15, 0.2) is 77.9 Å². The van der Waals surface area contributed by atoms with Gasteiger partial charge in [-0.3, -0.25) is 14.6 Å². The number of amides is 1. The zero-order chi connectivity index (χ0) is 20.4. The van der Waals surface area contributed by atoms with E-state index in [0.717, 1.165) is 27.7 Å². The summed E-state index contributed by atoms with van der Waals surface area (Å²) in [4.78, 5) is 34.6. The molecule has 0 atom stereocenters. The topological polar surface area (TPSA) is 66.1 Å². The predicted octanol–water partition coefficient (Wildman–Crippen LogP) is 4.39. The van der Waals surface area contributed by atoms with Crippen LogP contribution in [0.2, 0.25) is 0 Å². The van der Waals surface area contributed by atoms with Gasteiger partial charge in [-0.25, -0.2) is 0 Å². The molecule has 0 aliphatic heterocycles. The minimum atomic E-state index is -0.191. The minimum Gasteiger partial charge on any atom is -0.322 e. The molecule has 0 bridgehead atoms. The molecule has 5 nitrogen and oxygen atoms in total. The molecule has 0 fully saturated rings. The van der Waals surface area contributed by atoms with Crippen molar-refractivity contribution in [1.82, 2.24) is 9.97 Å². The molecular formula is C24H21N3O2. The highest BCUT2D eigenvalue weighted by atomic mass is 16.2. The van der Waals surface area contributed by atoms with Gasteiger partial charge in [-0.05, 0) is 66.8 Å². The van der Waals surface area contributed by atoms with E-state index in [-0.39, 0.29) is 18.0 Å². The maximum absolute atomic E-state index is 13.3. The van der Waals surface area contributed by atoms with Gasteiger partial charge in [0, 0.05) is 34.7 Å². The van der Waals surface area contributed by atoms with Gasteiger partial charge in [0.15, 0.2) is 0 Å². The number of nitrogens with zero attached hydrogens (tertiary/aromatic N) is 2. The minimum absolute atomic E-state index is 0.170. The molecule has 0 spiro atoms. The second kappa shape index (κ2) is 7.72. The van der Waals surface area contributed by atoms with Gasteiger partial charge < -0.3 is 9.88 Å². The molecule has 2 heterocycles. The van der Waals surface area contributed by atoms with Gasteiger partial charge in [0.05, 0.1) is 6.54 Å². The first kappa shape index (κ1) is 18.6. The van der Waals surface area contributed by atoms with Crippen LogP contribution < -0.4 is 10.5 Å². The van der Waals surface area contributed by atoms with Crippen LogP contribution in [0.3, 0.4) is 0 Å². The number of benzene rings is 2. The Morgan fingerprint density at radius 1 is 0.966 bits per heavy atom. The SMILES string of the molecule is Cc1cccc(N(Cc2cc3ccc(C)cc3[nH]c2=O)C(=O)c2ccncc2)c1. The van der Waals surface area contributed by atoms with Crippen LogP contribution in [0.4, 0.5) is 5.69 Å². The van der Waals surface area contributed by atoms with E-state index in [4.69, 9.17) is 0 Å². The number of pyridine rings is 2. The Labute approximate surface area is 168 Å². The van der Waals surface area contributed by atoms with E-state index in [1.165, 1.54) is 0 Å². The van der Waals surface area contributed by atoms with Crippen molar-refractivity contribution in [3.8, 4) is 0 Å². The molecule has 0 aliphatic carbocycles. The van der Waals surface area contributed by atoms with Gasteiger partial charge in [0.1, 0.15) is 0 Å². The Morgan fingerprint density at radius 3 is 2.48 bits per heavy atom. The molecule has 0 radical (unpaired) electrons. The number of aryl methyl sites for hydroxylation is 2. The number of nitrogens with one attached hydrogen (secondary N) is 1. The third kappa shape index (κ3) is 3.94. The van der Waals surface area contributed by atoms with E-state index in [1.807, 2.05) is 62.4 Å². The number of aromatic nitrogens is 2. The molecular weight excluding hydrogens is 362 g/mol. The molecule has 1 N–H and O–H groups in total. The van der Waals surface area contributed by atoms with Gasteiger partial charge >= 0.3 is 0 Å². The van der Waals surface area contributed by atoms with Crippen molar-refractivity contribution in [2.75, 3.05) is 4.90 Å². The zero-order valence-corrected chi connectivity index (χ0v) is 16.3. The van der Waals surface area contributed by atoms with E-state index in [2.05, 4.69) is 9.97 Å². The lowest BCUT2D eigenvalue weighted by Gasteiger charge is -2.23. The Hall–Kier alpha value is -3.73. The monoisotopic (exact) mass is 383 g/mol. The van der Waals surface area contributed by atoms with Crippen molar-refractivity contribution in [2.24, 2.45) is 0 Å². The Morgan fingerprint density at radius 2 is 1.72 bits per heavy atom. The molecule has 5 heteroatoms. The van der Waals surface area contributed by atoms with Crippen molar-refractivity contribution in [2.45, 2.75) is 20.4 Å². The average molecular weight is 383 g/mol. The Balaban J connectivity index is 1.79. The molecule has 0 saturated carbocycles. The number of carbonyl (C=O) groups excluding carboxylic acids is 1. The third-order valence-corrected chi connectivity index (χ3v) is 4.89. The molecule has 1 amide bonds. The van der Waals surface area contributed by atoms with Crippen LogP contribution >= 0.6 is 0 Å². The number of hydrogen-bond acceptors (Lipinski definition) is 3. The van der Waals surface area contributed by atoms with Crippen LogP contribution in [-0.4, -0.2) is 15.9 Å². The molecule has 29 heavy (non-hydrogen) atoms. The maximum atomic E-state index is 13.3. The van der Waals surface area contributed by atoms with Crippen molar-refractivity contribution in [1.29, 1.82) is 0 Å². The van der Waals surface area contributed by atoms with Gasteiger partial charge in [-0.1, -0.05) is 24.3 Å². The standard InChI is InChI=1S/C24H21N3O2/c1-16-4-3-5-21(12-16)27(24(29)18-8-10-25-11-9-18)15-20-14-19-7-6-17(2)13-22(19)26-23(20)28/h3-14H,15H2,1-2H3,(H,26,28). The molecule has 4 rings (SSSR count). The number of rotatable bonds is 4. The Kier molecular flexibility index (Phi) is 4.96. The second-order valence-electron chi connectivity index (χ2n) is 7.18. The number of anilines is 1. The smallest absolute Gasteiger partial charge is 0.258 e. The third-order valence-electron chi connectivity index (χ3n) is 4.89. The highest BCUT2D eigenvalue weighted by Gasteiger charge is 2.20. The van der Waals surface area contributed by atoms with Crippen molar-refractivity contribution < 1.29 is 4.79 Å². The number of fused-ring (bicyclic) bond motifs is 1. The van der Waals surface area contributed by atoms with Crippen LogP contribution in [0.1, 0.15) is 27.0 Å². The van der Waals surface area contributed by atoms with E-state index < -0.39 is 0 Å². The van der Waals surface area contributed by atoms with E-state index in [1.54, 1.807) is 29.4 Å². The van der Waals surface area contributed by atoms with E-state index >= 15 is 0 Å². The summed E-state index contributed by atoms with van der Waals surface area (Å²) in [6.45, 7) is 4.13. The van der Waals surface area contributed by atoms with E-state index in [9.17, 15) is 9.59 Å². The molecule has 0 unspecified atom stereocenters. The summed E-state index contributed by atoms with van der Waals surface area (Å²) in [5.74, 6) is -0.179. The normalized spacial score (nSPS) is 10.8. The largest absolute Gasteiger partial charge is 0.322 e. The molecule has 4 aromatic rings. The summed E-state index contributed by atoms with van der Waals surface area (Å²) < 4.78 is 0. The van der Waals surface area contributed by atoms with Crippen molar-refractivity contribution in [3.63, 3.8) is 0 Å². The fourth-order valence-electron chi connectivity index (χ4n) is 3.37. The predicted molar refractivity (Wildman–Crippen MR) is 115 cm³/mol. The van der Waals surface area contributed by atoms with Crippen LogP contribution in [0, 0.1) is 13.8 Å². The zero-order valence-electron chi connectivity index (χ0n) is 16.3. The number of hydrogen-bond donors (Lipinski definition) is 1. The molecule has 144 valence electrons. The summed E-state index contributed by atoms with van der Waals surface area (Å²) in [6.07, 6.45) is 3.18. The summed E-state index contributed by atoms with van der Waals surface area (Å²) in [5, 5.41) is 0.936. The van der Waals surface area contributed by atoms with Crippen LogP contribution in [-0.2, 0) is 6.54 Å².